The van der Waals surface area contributed by atoms with E-state index in [2.05, 4.69) is 6.07 Å². The predicted octanol–water partition coefficient (Wildman–Crippen LogP) is 2.46. The molecular weight excluding hydrogens is 364 g/mol. The van der Waals surface area contributed by atoms with Crippen LogP contribution in [0.4, 0.5) is 0 Å². The van der Waals surface area contributed by atoms with Gasteiger partial charge in [0.25, 0.3) is 0 Å². The van der Waals surface area contributed by atoms with Gasteiger partial charge in [-0.25, -0.2) is 8.42 Å². The molecule has 0 radical (unpaired) electrons. The molecule has 3 rings (SSSR count). The first-order valence-corrected chi connectivity index (χ1v) is 10.3. The monoisotopic (exact) mass is 388 g/mol. The zero-order valence-corrected chi connectivity index (χ0v) is 16.6. The van der Waals surface area contributed by atoms with Gasteiger partial charge in [0.1, 0.15) is 5.75 Å². The Morgan fingerprint density at radius 1 is 1.19 bits per heavy atom. The van der Waals surface area contributed by atoms with E-state index in [9.17, 15) is 13.2 Å². The highest BCUT2D eigenvalue weighted by molar-refractivity contribution is 7.89. The van der Waals surface area contributed by atoms with E-state index in [0.717, 1.165) is 16.3 Å². The van der Waals surface area contributed by atoms with Gasteiger partial charge in [-0.1, -0.05) is 24.3 Å². The van der Waals surface area contributed by atoms with Crippen molar-refractivity contribution in [3.8, 4) is 5.75 Å². The number of hydrogen-bond acceptors (Lipinski definition) is 4. The molecule has 7 heteroatoms. The lowest BCUT2D eigenvalue weighted by Crippen LogP contribution is -2.44. The van der Waals surface area contributed by atoms with Crippen LogP contribution in [-0.4, -0.2) is 50.8 Å². The van der Waals surface area contributed by atoms with E-state index in [0.29, 0.717) is 12.3 Å². The van der Waals surface area contributed by atoms with Crippen molar-refractivity contribution >= 4 is 15.9 Å². The molecule has 0 saturated heterocycles. The fraction of sp³-hybridized carbons (Fsp3) is 0.350. The highest BCUT2D eigenvalue weighted by atomic mass is 32.2. The second kappa shape index (κ2) is 7.70. The molecule has 0 spiro atoms. The number of rotatable bonds is 5. The van der Waals surface area contributed by atoms with E-state index in [1.807, 2.05) is 25.1 Å². The van der Waals surface area contributed by atoms with Crippen LogP contribution in [0.5, 0.6) is 5.75 Å². The van der Waals surface area contributed by atoms with Crippen LogP contribution in [0, 0.1) is 0 Å². The highest BCUT2D eigenvalue weighted by Gasteiger charge is 2.30. The summed E-state index contributed by atoms with van der Waals surface area (Å²) in [5, 5.41) is 0. The molecule has 0 aliphatic carbocycles. The summed E-state index contributed by atoms with van der Waals surface area (Å²) in [6.45, 7) is 2.38. The van der Waals surface area contributed by atoms with E-state index in [-0.39, 0.29) is 23.4 Å². The summed E-state index contributed by atoms with van der Waals surface area (Å²) >= 11 is 0. The molecule has 1 aliphatic heterocycles. The van der Waals surface area contributed by atoms with Crippen molar-refractivity contribution in [3.05, 3.63) is 59.7 Å². The Labute approximate surface area is 160 Å². The van der Waals surface area contributed by atoms with Gasteiger partial charge >= 0.3 is 0 Å². The van der Waals surface area contributed by atoms with Crippen molar-refractivity contribution in [3.63, 3.8) is 0 Å². The second-order valence-corrected chi connectivity index (χ2v) is 8.69. The molecule has 1 atom stereocenters. The Morgan fingerprint density at radius 3 is 2.52 bits per heavy atom. The van der Waals surface area contributed by atoms with Gasteiger partial charge in [-0.3, -0.25) is 4.79 Å². The number of amides is 1. The second-order valence-electron chi connectivity index (χ2n) is 6.65. The van der Waals surface area contributed by atoms with Gasteiger partial charge in [-0.05, 0) is 48.7 Å². The van der Waals surface area contributed by atoms with Crippen LogP contribution >= 0.6 is 0 Å². The van der Waals surface area contributed by atoms with E-state index < -0.39 is 10.0 Å². The lowest BCUT2D eigenvalue weighted by atomic mass is 9.93. The molecule has 1 amide bonds. The number of nitrogens with zero attached hydrogens (tertiary/aromatic N) is 2. The largest absolute Gasteiger partial charge is 0.497 e. The number of hydrogen-bond donors (Lipinski definition) is 0. The predicted molar refractivity (Wildman–Crippen MR) is 103 cm³/mol. The van der Waals surface area contributed by atoms with Crippen molar-refractivity contribution < 1.29 is 17.9 Å². The molecule has 2 aromatic rings. The summed E-state index contributed by atoms with van der Waals surface area (Å²) in [6, 6.07) is 14.1. The molecule has 1 heterocycles. The Bertz CT molecular complexity index is 925. The van der Waals surface area contributed by atoms with Crippen LogP contribution < -0.4 is 4.74 Å². The molecule has 0 aromatic heterocycles. The molecule has 1 aliphatic rings. The Kier molecular flexibility index (Phi) is 5.53. The van der Waals surface area contributed by atoms with Crippen molar-refractivity contribution in [1.29, 1.82) is 0 Å². The number of carbonyl (C=O) groups is 1. The first-order valence-electron chi connectivity index (χ1n) is 8.82. The Morgan fingerprint density at radius 2 is 1.85 bits per heavy atom. The number of methoxy groups -OCH3 is 1. The Balaban J connectivity index is 1.73. The SMILES string of the molecule is COc1ccc(S(=O)(=O)N(C)CC(=O)N2CCc3ccccc3C2C)cc1. The fourth-order valence-electron chi connectivity index (χ4n) is 3.41. The average Bonchev–Trinajstić information content (AvgIpc) is 2.68. The van der Waals surface area contributed by atoms with Crippen molar-refractivity contribution in [1.82, 2.24) is 9.21 Å². The summed E-state index contributed by atoms with van der Waals surface area (Å²) in [5.74, 6) is 0.380. The van der Waals surface area contributed by atoms with Gasteiger partial charge in [-0.2, -0.15) is 4.31 Å². The molecule has 144 valence electrons. The van der Waals surface area contributed by atoms with E-state index >= 15 is 0 Å². The zero-order valence-electron chi connectivity index (χ0n) is 15.8. The maximum Gasteiger partial charge on any atom is 0.243 e. The summed E-state index contributed by atoms with van der Waals surface area (Å²) in [7, 11) is -0.795. The van der Waals surface area contributed by atoms with Gasteiger partial charge in [0, 0.05) is 13.6 Å². The van der Waals surface area contributed by atoms with Crippen molar-refractivity contribution in [2.24, 2.45) is 0 Å². The Hall–Kier alpha value is -2.38. The normalized spacial score (nSPS) is 16.9. The van der Waals surface area contributed by atoms with Crippen molar-refractivity contribution in [2.75, 3.05) is 27.2 Å². The van der Waals surface area contributed by atoms with Crippen LogP contribution in [0.1, 0.15) is 24.1 Å². The fourth-order valence-corrected chi connectivity index (χ4v) is 4.53. The van der Waals surface area contributed by atoms with Crippen LogP contribution in [0.3, 0.4) is 0 Å². The van der Waals surface area contributed by atoms with Gasteiger partial charge in [0.15, 0.2) is 0 Å². The van der Waals surface area contributed by atoms with Crippen LogP contribution in [0.25, 0.3) is 0 Å². The van der Waals surface area contributed by atoms with Crippen molar-refractivity contribution in [2.45, 2.75) is 24.3 Å². The van der Waals surface area contributed by atoms with Crippen LogP contribution in [-0.2, 0) is 21.2 Å². The average molecular weight is 388 g/mol. The van der Waals surface area contributed by atoms with Crippen LogP contribution in [0.15, 0.2) is 53.4 Å². The molecule has 6 nitrogen and oxygen atoms in total. The zero-order chi connectivity index (χ0) is 19.6. The molecular formula is C20H24N2O4S. The first-order chi connectivity index (χ1) is 12.8. The molecule has 2 aromatic carbocycles. The lowest BCUT2D eigenvalue weighted by Gasteiger charge is -2.36. The number of likely N-dealkylation sites (N-methyl/N-ethyl adjacent to an activating group) is 1. The topological polar surface area (TPSA) is 66.9 Å². The molecule has 0 saturated carbocycles. The molecule has 27 heavy (non-hydrogen) atoms. The molecule has 0 fully saturated rings. The van der Waals surface area contributed by atoms with Gasteiger partial charge in [0.05, 0.1) is 24.6 Å². The number of fused-ring (bicyclic) bond motifs is 1. The van der Waals surface area contributed by atoms with Crippen LogP contribution in [0.2, 0.25) is 0 Å². The summed E-state index contributed by atoms with van der Waals surface area (Å²) < 4.78 is 31.6. The first kappa shape index (κ1) is 19.4. The highest BCUT2D eigenvalue weighted by Crippen LogP contribution is 2.29. The van der Waals surface area contributed by atoms with Gasteiger partial charge < -0.3 is 9.64 Å². The van der Waals surface area contributed by atoms with Gasteiger partial charge in [0.2, 0.25) is 15.9 Å². The van der Waals surface area contributed by atoms with E-state index in [1.54, 1.807) is 17.0 Å². The van der Waals surface area contributed by atoms with E-state index in [1.165, 1.54) is 31.9 Å². The molecule has 0 N–H and O–H groups in total. The smallest absolute Gasteiger partial charge is 0.243 e. The number of benzene rings is 2. The van der Waals surface area contributed by atoms with E-state index in [4.69, 9.17) is 4.74 Å². The summed E-state index contributed by atoms with van der Waals surface area (Å²) in [6.07, 6.45) is 0.779. The minimum absolute atomic E-state index is 0.0699. The third-order valence-electron chi connectivity index (χ3n) is 5.04. The maximum absolute atomic E-state index is 12.8. The number of carbonyl (C=O) groups excluding carboxylic acids is 1. The molecule has 0 bridgehead atoms. The standard InChI is InChI=1S/C20H24N2O4S/c1-15-19-7-5-4-6-16(19)12-13-22(15)20(23)14-21(2)27(24,25)18-10-8-17(26-3)9-11-18/h4-11,15H,12-14H2,1-3H3. The maximum atomic E-state index is 12.8. The minimum atomic E-state index is -3.75. The third kappa shape index (κ3) is 3.84. The molecule has 1 unspecified atom stereocenters. The third-order valence-corrected chi connectivity index (χ3v) is 6.86. The summed E-state index contributed by atoms with van der Waals surface area (Å²) in [5.41, 5.74) is 2.37. The number of ether oxygens (including phenoxy) is 1. The lowest BCUT2D eigenvalue weighted by molar-refractivity contribution is -0.133. The quantitative estimate of drug-likeness (QED) is 0.789. The van der Waals surface area contributed by atoms with Gasteiger partial charge in [-0.15, -0.1) is 0 Å². The summed E-state index contributed by atoms with van der Waals surface area (Å²) in [4.78, 5) is 14.7. The minimum Gasteiger partial charge on any atom is -0.497 e. The number of sulfonamides is 1.